The number of carboxylic acid groups (broad SMARTS) is 1. The minimum absolute atomic E-state index is 0.0255. The van der Waals surface area contributed by atoms with Gasteiger partial charge < -0.3 is 15.3 Å². The van der Waals surface area contributed by atoms with Crippen molar-refractivity contribution in [3.63, 3.8) is 0 Å². The number of urea groups is 1. The third-order valence-corrected chi connectivity index (χ3v) is 7.66. The highest BCUT2D eigenvalue weighted by atomic mass is 19.4. The lowest BCUT2D eigenvalue weighted by atomic mass is 9.93. The van der Waals surface area contributed by atoms with Crippen LogP contribution in [-0.2, 0) is 16.6 Å². The molecule has 228 valence electrons. The number of carbonyl (C=O) groups excluding carboxylic acids is 1. The highest BCUT2D eigenvalue weighted by Gasteiger charge is 2.51. The number of alkyl halides is 3. The summed E-state index contributed by atoms with van der Waals surface area (Å²) in [5.41, 5.74) is 0.997. The smallest absolute Gasteiger partial charge is 0.413 e. The molecule has 0 unspecified atom stereocenters. The number of carbonyl (C=O) groups is 2. The van der Waals surface area contributed by atoms with Crippen molar-refractivity contribution in [2.45, 2.75) is 56.8 Å². The van der Waals surface area contributed by atoms with Crippen LogP contribution < -0.4 is 5.32 Å². The average Bonchev–Trinajstić information content (AvgIpc) is 3.79. The van der Waals surface area contributed by atoms with Gasteiger partial charge in [-0.2, -0.15) is 23.7 Å². The van der Waals surface area contributed by atoms with E-state index in [-0.39, 0.29) is 35.6 Å². The number of rotatable bonds is 10. The van der Waals surface area contributed by atoms with Gasteiger partial charge in [0.05, 0.1) is 23.1 Å². The number of aliphatic carboxylic acids is 1. The van der Waals surface area contributed by atoms with Gasteiger partial charge in [-0.05, 0) is 58.7 Å². The minimum atomic E-state index is -4.87. The Labute approximate surface area is 252 Å². The molecule has 2 amide bonds. The van der Waals surface area contributed by atoms with E-state index in [1.165, 1.54) is 36.4 Å². The van der Waals surface area contributed by atoms with E-state index in [9.17, 15) is 37.5 Å². The Morgan fingerprint density at radius 2 is 1.59 bits per heavy atom. The van der Waals surface area contributed by atoms with E-state index in [0.717, 1.165) is 6.07 Å². The Hall–Kier alpha value is -4.90. The van der Waals surface area contributed by atoms with Crippen LogP contribution in [0.25, 0.3) is 11.1 Å². The van der Waals surface area contributed by atoms with Crippen LogP contribution in [0.4, 0.5) is 22.4 Å². The van der Waals surface area contributed by atoms with Gasteiger partial charge in [-0.15, -0.1) is 0 Å². The van der Waals surface area contributed by atoms with Gasteiger partial charge in [0.1, 0.15) is 11.9 Å². The molecule has 1 aliphatic carbocycles. The molecule has 11 heteroatoms. The fourth-order valence-electron chi connectivity index (χ4n) is 5.20. The van der Waals surface area contributed by atoms with E-state index in [2.05, 4.69) is 5.32 Å². The first-order chi connectivity index (χ1) is 20.8. The molecule has 44 heavy (non-hydrogen) atoms. The molecule has 7 nitrogen and oxygen atoms in total. The van der Waals surface area contributed by atoms with E-state index in [4.69, 9.17) is 5.26 Å². The van der Waals surface area contributed by atoms with Gasteiger partial charge in [-0.3, -0.25) is 4.79 Å². The number of halogens is 4. The minimum Gasteiger partial charge on any atom is -0.481 e. The molecule has 1 aliphatic rings. The molecule has 0 heterocycles. The summed E-state index contributed by atoms with van der Waals surface area (Å²) in [4.78, 5) is 25.6. The largest absolute Gasteiger partial charge is 0.481 e. The van der Waals surface area contributed by atoms with Crippen molar-refractivity contribution in [2.24, 2.45) is 5.92 Å². The highest BCUT2D eigenvalue weighted by Crippen LogP contribution is 2.48. The molecule has 2 atom stereocenters. The second-order valence-corrected chi connectivity index (χ2v) is 11.3. The predicted octanol–water partition coefficient (Wildman–Crippen LogP) is 6.89. The predicted molar refractivity (Wildman–Crippen MR) is 154 cm³/mol. The lowest BCUT2D eigenvalue weighted by Gasteiger charge is -2.35. The fourth-order valence-corrected chi connectivity index (χ4v) is 5.20. The number of hydrogen-bond donors (Lipinski definition) is 2. The van der Waals surface area contributed by atoms with Crippen molar-refractivity contribution in [3.8, 4) is 23.3 Å². The molecule has 4 rings (SSSR count). The van der Waals surface area contributed by atoms with Gasteiger partial charge in [0.15, 0.2) is 6.04 Å². The molecule has 0 radical (unpaired) electrons. The molecule has 2 N–H and O–H groups in total. The number of nitrogens with one attached hydrogen (secondary N) is 1. The molecule has 0 bridgehead atoms. The maximum atomic E-state index is 14.6. The summed E-state index contributed by atoms with van der Waals surface area (Å²) < 4.78 is 58.2. The fraction of sp³-hybridized carbons (Fsp3) is 0.333. The lowest BCUT2D eigenvalue weighted by Crippen LogP contribution is -2.51. The SMILES string of the molecule is CC(C)CN(C(=O)N[C@H](C#N)Cc1ccc(C#N)cc1F)[C@@H](c1ccc(-c2ccc(C3(C(=O)O)CC3)cc2)cc1)C(F)(F)F. The van der Waals surface area contributed by atoms with Crippen molar-refractivity contribution in [1.29, 1.82) is 10.5 Å². The van der Waals surface area contributed by atoms with Gasteiger partial charge in [0, 0.05) is 13.0 Å². The first-order valence-corrected chi connectivity index (χ1v) is 14.0. The van der Waals surface area contributed by atoms with Gasteiger partial charge in [0.25, 0.3) is 0 Å². The van der Waals surface area contributed by atoms with Crippen LogP contribution in [0.3, 0.4) is 0 Å². The van der Waals surface area contributed by atoms with E-state index in [0.29, 0.717) is 34.4 Å². The Morgan fingerprint density at radius 1 is 1.00 bits per heavy atom. The summed E-state index contributed by atoms with van der Waals surface area (Å²) >= 11 is 0. The van der Waals surface area contributed by atoms with Crippen molar-refractivity contribution in [2.75, 3.05) is 6.54 Å². The number of amides is 2. The monoisotopic (exact) mass is 606 g/mol. The number of benzene rings is 3. The van der Waals surface area contributed by atoms with Gasteiger partial charge in [-0.25, -0.2) is 9.18 Å². The van der Waals surface area contributed by atoms with Crippen LogP contribution in [0.15, 0.2) is 66.7 Å². The van der Waals surface area contributed by atoms with Gasteiger partial charge in [-0.1, -0.05) is 68.4 Å². The molecule has 0 aromatic heterocycles. The first kappa shape index (κ1) is 32.0. The summed E-state index contributed by atoms with van der Waals surface area (Å²) in [5.74, 6) is -2.01. The van der Waals surface area contributed by atoms with Crippen molar-refractivity contribution >= 4 is 12.0 Å². The van der Waals surface area contributed by atoms with E-state index in [1.807, 2.05) is 6.07 Å². The molecule has 0 aliphatic heterocycles. The average molecular weight is 607 g/mol. The third-order valence-electron chi connectivity index (χ3n) is 7.66. The second kappa shape index (κ2) is 12.8. The zero-order chi connectivity index (χ0) is 32.2. The van der Waals surface area contributed by atoms with Crippen molar-refractivity contribution < 1.29 is 32.3 Å². The van der Waals surface area contributed by atoms with Crippen molar-refractivity contribution in [3.05, 3.63) is 94.8 Å². The molecule has 3 aromatic rings. The number of nitriles is 2. The third kappa shape index (κ3) is 7.00. The molecular formula is C33H30F4N4O3. The highest BCUT2D eigenvalue weighted by molar-refractivity contribution is 5.85. The van der Waals surface area contributed by atoms with E-state index >= 15 is 0 Å². The summed E-state index contributed by atoms with van der Waals surface area (Å²) in [6.45, 7) is 3.03. The van der Waals surface area contributed by atoms with Crippen LogP contribution >= 0.6 is 0 Å². The standard InChI is InChI=1S/C33H30F4N4O3/c1-20(2)19-41(31(44)40-27(18-39)16-25-4-3-21(17-38)15-28(25)34)29(33(35,36)37)24-7-5-22(6-8-24)23-9-11-26(12-10-23)32(13-14-32)30(42)43/h3-12,15,20,27,29H,13-14,16,19H2,1-2H3,(H,40,44)(H,42,43)/t27-,29-/m0/s1. The van der Waals surface area contributed by atoms with E-state index in [1.54, 1.807) is 44.2 Å². The normalized spacial score (nSPS) is 15.0. The Bertz CT molecular complexity index is 1600. The summed E-state index contributed by atoms with van der Waals surface area (Å²) in [5, 5.41) is 30.4. The maximum Gasteiger partial charge on any atom is 0.413 e. The van der Waals surface area contributed by atoms with Crippen LogP contribution in [0.1, 0.15) is 55.0 Å². The van der Waals surface area contributed by atoms with Crippen LogP contribution in [0.2, 0.25) is 0 Å². The van der Waals surface area contributed by atoms with Crippen molar-refractivity contribution in [1.82, 2.24) is 10.2 Å². The first-order valence-electron chi connectivity index (χ1n) is 14.0. The Balaban J connectivity index is 1.58. The zero-order valence-electron chi connectivity index (χ0n) is 24.0. The van der Waals surface area contributed by atoms with Gasteiger partial charge in [0.2, 0.25) is 0 Å². The van der Waals surface area contributed by atoms with E-state index < -0.39 is 41.5 Å². The molecule has 1 saturated carbocycles. The number of hydrogen-bond acceptors (Lipinski definition) is 4. The second-order valence-electron chi connectivity index (χ2n) is 11.3. The number of nitrogens with zero attached hydrogens (tertiary/aromatic N) is 3. The van der Waals surface area contributed by atoms with Crippen LogP contribution in [-0.4, -0.2) is 40.8 Å². The zero-order valence-corrected chi connectivity index (χ0v) is 24.0. The molecule has 0 spiro atoms. The summed E-state index contributed by atoms with van der Waals surface area (Å²) in [6.07, 6.45) is -4.08. The summed E-state index contributed by atoms with van der Waals surface area (Å²) in [7, 11) is 0. The Kier molecular flexibility index (Phi) is 9.29. The van der Waals surface area contributed by atoms with Gasteiger partial charge >= 0.3 is 18.2 Å². The lowest BCUT2D eigenvalue weighted by molar-refractivity contribution is -0.179. The molecule has 3 aromatic carbocycles. The maximum absolute atomic E-state index is 14.6. The quantitative estimate of drug-likeness (QED) is 0.244. The van der Waals surface area contributed by atoms with Crippen LogP contribution in [0, 0.1) is 34.4 Å². The molecule has 1 fully saturated rings. The summed E-state index contributed by atoms with van der Waals surface area (Å²) in [6, 6.07) is 14.9. The molecule has 0 saturated heterocycles. The number of carboxylic acids is 1. The molecular weight excluding hydrogens is 576 g/mol. The topological polar surface area (TPSA) is 117 Å². The Morgan fingerprint density at radius 3 is 2.05 bits per heavy atom. The van der Waals surface area contributed by atoms with Crippen LogP contribution in [0.5, 0.6) is 0 Å².